The van der Waals surface area contributed by atoms with E-state index in [0.717, 1.165) is 13.0 Å². The maximum absolute atomic E-state index is 9.88. The zero-order valence-electron chi connectivity index (χ0n) is 8.84. The van der Waals surface area contributed by atoms with E-state index in [1.165, 1.54) is 0 Å². The second-order valence-corrected chi connectivity index (χ2v) is 5.25. The van der Waals surface area contributed by atoms with E-state index in [9.17, 15) is 5.11 Å². The Hall–Kier alpha value is -0.120. The first-order chi connectivity index (χ1) is 5.83. The van der Waals surface area contributed by atoms with Gasteiger partial charge in [-0.05, 0) is 18.3 Å². The van der Waals surface area contributed by atoms with Crippen LogP contribution in [0.3, 0.4) is 0 Å². The number of nitrogens with two attached hydrogens (primary N) is 1. The number of hydrogen-bond donors (Lipinski definition) is 2. The van der Waals surface area contributed by atoms with Crippen molar-refractivity contribution < 1.29 is 9.84 Å². The van der Waals surface area contributed by atoms with Gasteiger partial charge in [-0.1, -0.05) is 20.8 Å². The second-order valence-electron chi connectivity index (χ2n) is 5.25. The van der Waals surface area contributed by atoms with Crippen LogP contribution in [-0.2, 0) is 4.74 Å². The van der Waals surface area contributed by atoms with Crippen LogP contribution in [0, 0.1) is 5.41 Å². The first-order valence-electron chi connectivity index (χ1n) is 4.88. The molecule has 0 aromatic heterocycles. The molecule has 3 N–H and O–H groups in total. The summed E-state index contributed by atoms with van der Waals surface area (Å²) in [5, 5.41) is 9.88. The molecule has 0 spiro atoms. The van der Waals surface area contributed by atoms with Crippen molar-refractivity contribution in [2.24, 2.45) is 11.1 Å². The van der Waals surface area contributed by atoms with Crippen molar-refractivity contribution in [2.75, 3.05) is 13.2 Å². The summed E-state index contributed by atoms with van der Waals surface area (Å²) in [5.41, 5.74) is 5.68. The predicted octanol–water partition coefficient (Wildman–Crippen LogP) is 0.901. The molecule has 1 saturated heterocycles. The third kappa shape index (κ3) is 2.93. The Kier molecular flexibility index (Phi) is 3.00. The summed E-state index contributed by atoms with van der Waals surface area (Å²) >= 11 is 0. The first-order valence-corrected chi connectivity index (χ1v) is 4.88. The lowest BCUT2D eigenvalue weighted by Gasteiger charge is -2.32. The first kappa shape index (κ1) is 11.0. The highest BCUT2D eigenvalue weighted by Crippen LogP contribution is 2.29. The number of ether oxygens (including phenoxy) is 1. The molecule has 1 fully saturated rings. The minimum absolute atomic E-state index is 0.0883. The van der Waals surface area contributed by atoms with Gasteiger partial charge in [-0.3, -0.25) is 0 Å². The van der Waals surface area contributed by atoms with Gasteiger partial charge in [0, 0.05) is 12.1 Å². The summed E-state index contributed by atoms with van der Waals surface area (Å²) in [5.74, 6) is 0. The standard InChI is InChI=1S/C10H21NO2/c1-9(2,3)8(12)6-10(11)4-5-13-7-10/h8,12H,4-7,11H2,1-3H3. The molecule has 1 heterocycles. The number of aliphatic hydroxyl groups is 1. The fourth-order valence-electron chi connectivity index (χ4n) is 1.48. The van der Waals surface area contributed by atoms with Crippen LogP contribution < -0.4 is 5.73 Å². The fraction of sp³-hybridized carbons (Fsp3) is 1.00. The van der Waals surface area contributed by atoms with E-state index < -0.39 is 0 Å². The normalized spacial score (nSPS) is 32.1. The Morgan fingerprint density at radius 2 is 2.15 bits per heavy atom. The Morgan fingerprint density at radius 3 is 2.54 bits per heavy atom. The molecular weight excluding hydrogens is 166 g/mol. The molecule has 2 atom stereocenters. The molecule has 1 aliphatic rings. The van der Waals surface area contributed by atoms with Gasteiger partial charge >= 0.3 is 0 Å². The van der Waals surface area contributed by atoms with Crippen molar-refractivity contribution in [3.8, 4) is 0 Å². The Labute approximate surface area is 80.3 Å². The van der Waals surface area contributed by atoms with Gasteiger partial charge < -0.3 is 15.6 Å². The van der Waals surface area contributed by atoms with Gasteiger partial charge in [0.15, 0.2) is 0 Å². The van der Waals surface area contributed by atoms with Crippen molar-refractivity contribution in [3.05, 3.63) is 0 Å². The van der Waals surface area contributed by atoms with Crippen LogP contribution >= 0.6 is 0 Å². The molecule has 1 rings (SSSR count). The van der Waals surface area contributed by atoms with Crippen LogP contribution in [0.4, 0.5) is 0 Å². The SMILES string of the molecule is CC(C)(C)C(O)CC1(N)CCOC1. The summed E-state index contributed by atoms with van der Waals surface area (Å²) < 4.78 is 5.24. The molecule has 3 heteroatoms. The molecule has 2 unspecified atom stereocenters. The van der Waals surface area contributed by atoms with Crippen LogP contribution in [-0.4, -0.2) is 30.0 Å². The lowest BCUT2D eigenvalue weighted by molar-refractivity contribution is 0.0324. The highest BCUT2D eigenvalue weighted by atomic mass is 16.5. The van der Waals surface area contributed by atoms with E-state index in [1.807, 2.05) is 20.8 Å². The Bertz CT molecular complexity index is 168. The summed E-state index contributed by atoms with van der Waals surface area (Å²) in [6, 6.07) is 0. The van der Waals surface area contributed by atoms with Crippen molar-refractivity contribution in [2.45, 2.75) is 45.3 Å². The summed E-state index contributed by atoms with van der Waals surface area (Å²) in [7, 11) is 0. The third-order valence-electron chi connectivity index (χ3n) is 2.73. The monoisotopic (exact) mass is 187 g/mol. The second kappa shape index (κ2) is 3.56. The van der Waals surface area contributed by atoms with Gasteiger partial charge in [0.25, 0.3) is 0 Å². The Morgan fingerprint density at radius 1 is 1.54 bits per heavy atom. The van der Waals surface area contributed by atoms with Crippen LogP contribution in [0.2, 0.25) is 0 Å². The van der Waals surface area contributed by atoms with Crippen LogP contribution in [0.1, 0.15) is 33.6 Å². The van der Waals surface area contributed by atoms with Crippen LogP contribution in [0.15, 0.2) is 0 Å². The molecule has 0 bridgehead atoms. The van der Waals surface area contributed by atoms with E-state index in [-0.39, 0.29) is 17.1 Å². The zero-order chi connectivity index (χ0) is 10.1. The maximum Gasteiger partial charge on any atom is 0.0648 e. The summed E-state index contributed by atoms with van der Waals surface area (Å²) in [4.78, 5) is 0. The molecule has 1 aliphatic heterocycles. The smallest absolute Gasteiger partial charge is 0.0648 e. The van der Waals surface area contributed by atoms with Gasteiger partial charge in [-0.2, -0.15) is 0 Å². The van der Waals surface area contributed by atoms with Crippen LogP contribution in [0.25, 0.3) is 0 Å². The number of aliphatic hydroxyl groups excluding tert-OH is 1. The predicted molar refractivity (Wildman–Crippen MR) is 52.4 cm³/mol. The molecule has 0 aliphatic carbocycles. The molecule has 0 aromatic rings. The summed E-state index contributed by atoms with van der Waals surface area (Å²) in [6.07, 6.45) is 1.15. The minimum atomic E-state index is -0.348. The van der Waals surface area contributed by atoms with E-state index >= 15 is 0 Å². The van der Waals surface area contributed by atoms with Crippen molar-refractivity contribution in [1.29, 1.82) is 0 Å². The van der Waals surface area contributed by atoms with Crippen LogP contribution in [0.5, 0.6) is 0 Å². The van der Waals surface area contributed by atoms with Gasteiger partial charge in [-0.15, -0.1) is 0 Å². The highest BCUT2D eigenvalue weighted by Gasteiger charge is 2.36. The van der Waals surface area contributed by atoms with Crippen molar-refractivity contribution in [1.82, 2.24) is 0 Å². The fourth-order valence-corrected chi connectivity index (χ4v) is 1.48. The molecule has 13 heavy (non-hydrogen) atoms. The van der Waals surface area contributed by atoms with Gasteiger partial charge in [0.2, 0.25) is 0 Å². The van der Waals surface area contributed by atoms with E-state index in [4.69, 9.17) is 10.5 Å². The molecule has 3 nitrogen and oxygen atoms in total. The quantitative estimate of drug-likeness (QED) is 0.675. The van der Waals surface area contributed by atoms with E-state index in [1.54, 1.807) is 0 Å². The van der Waals surface area contributed by atoms with Crippen molar-refractivity contribution in [3.63, 3.8) is 0 Å². The zero-order valence-corrected chi connectivity index (χ0v) is 8.84. The molecule has 0 aromatic carbocycles. The minimum Gasteiger partial charge on any atom is -0.393 e. The molecular formula is C10H21NO2. The lowest BCUT2D eigenvalue weighted by Crippen LogP contribution is -2.46. The average Bonchev–Trinajstić information content (AvgIpc) is 2.33. The van der Waals surface area contributed by atoms with Gasteiger partial charge in [0.05, 0.1) is 12.7 Å². The van der Waals surface area contributed by atoms with Gasteiger partial charge in [-0.25, -0.2) is 0 Å². The average molecular weight is 187 g/mol. The van der Waals surface area contributed by atoms with Crippen molar-refractivity contribution >= 4 is 0 Å². The molecule has 0 radical (unpaired) electrons. The van der Waals surface area contributed by atoms with Gasteiger partial charge in [0.1, 0.15) is 0 Å². The maximum atomic E-state index is 9.88. The molecule has 0 amide bonds. The molecule has 0 saturated carbocycles. The summed E-state index contributed by atoms with van der Waals surface area (Å²) in [6.45, 7) is 7.39. The van der Waals surface area contributed by atoms with E-state index in [0.29, 0.717) is 13.0 Å². The Balaban J connectivity index is 2.48. The number of hydrogen-bond acceptors (Lipinski definition) is 3. The lowest BCUT2D eigenvalue weighted by atomic mass is 9.80. The largest absolute Gasteiger partial charge is 0.393 e. The molecule has 78 valence electrons. The highest BCUT2D eigenvalue weighted by molar-refractivity contribution is 4.92. The number of rotatable bonds is 2. The third-order valence-corrected chi connectivity index (χ3v) is 2.73. The van der Waals surface area contributed by atoms with E-state index in [2.05, 4.69) is 0 Å². The topological polar surface area (TPSA) is 55.5 Å².